The molecule has 8 nitrogen and oxygen atoms in total. The molecule has 9 heteroatoms. The van der Waals surface area contributed by atoms with Gasteiger partial charge in [0.15, 0.2) is 0 Å². The van der Waals surface area contributed by atoms with Gasteiger partial charge in [0.2, 0.25) is 5.88 Å². The Labute approximate surface area is 187 Å². The summed E-state index contributed by atoms with van der Waals surface area (Å²) in [4.78, 5) is 8.82. The lowest BCUT2D eigenvalue weighted by atomic mass is 9.95. The Bertz CT molecular complexity index is 1010. The number of methoxy groups -OCH3 is 1. The summed E-state index contributed by atoms with van der Waals surface area (Å²) < 4.78 is 27.8. The summed E-state index contributed by atoms with van der Waals surface area (Å²) in [5.41, 5.74) is 10.1. The van der Waals surface area contributed by atoms with E-state index in [0.29, 0.717) is 50.6 Å². The number of allylic oxidation sites excluding steroid dienone is 1. The second-order valence-corrected chi connectivity index (χ2v) is 8.31. The summed E-state index contributed by atoms with van der Waals surface area (Å²) in [7, 11) is 1.60. The zero-order valence-corrected chi connectivity index (χ0v) is 18.7. The predicted octanol–water partition coefficient (Wildman–Crippen LogP) is 2.16. The van der Waals surface area contributed by atoms with E-state index in [4.69, 9.17) is 20.3 Å². The molecule has 4 heterocycles. The van der Waals surface area contributed by atoms with E-state index < -0.39 is 5.67 Å². The van der Waals surface area contributed by atoms with Gasteiger partial charge >= 0.3 is 0 Å². The van der Waals surface area contributed by atoms with E-state index in [0.717, 1.165) is 41.0 Å². The van der Waals surface area contributed by atoms with Crippen molar-refractivity contribution >= 4 is 11.8 Å². The van der Waals surface area contributed by atoms with Gasteiger partial charge in [-0.05, 0) is 45.3 Å². The number of nitrogens with zero attached hydrogens (tertiary/aromatic N) is 4. The third kappa shape index (κ3) is 4.68. The number of nitrogens with two attached hydrogens (primary N) is 1. The molecule has 0 atom stereocenters. The fraction of sp³-hybridized carbons (Fsp3) is 0.522. The maximum atomic E-state index is 14.9. The lowest BCUT2D eigenvalue weighted by molar-refractivity contribution is 0.126. The van der Waals surface area contributed by atoms with Crippen LogP contribution >= 0.6 is 0 Å². The zero-order valence-electron chi connectivity index (χ0n) is 18.7. The van der Waals surface area contributed by atoms with E-state index in [-0.39, 0.29) is 6.54 Å². The molecule has 0 bridgehead atoms. The SMILES string of the molecule is COc1ncc(-n2nc(C(C=NCC3(F)CCNCC3)=CN)c3c2CCOCC3)cc1C. The van der Waals surface area contributed by atoms with Crippen LogP contribution in [0.3, 0.4) is 0 Å². The van der Waals surface area contributed by atoms with Gasteiger partial charge in [-0.15, -0.1) is 0 Å². The van der Waals surface area contributed by atoms with Crippen LogP contribution in [0.1, 0.15) is 35.4 Å². The van der Waals surface area contributed by atoms with Crippen LogP contribution in [-0.2, 0) is 17.6 Å². The van der Waals surface area contributed by atoms with Crippen molar-refractivity contribution in [1.82, 2.24) is 20.1 Å². The van der Waals surface area contributed by atoms with Crippen LogP contribution in [0.2, 0.25) is 0 Å². The molecule has 1 saturated heterocycles. The van der Waals surface area contributed by atoms with Crippen LogP contribution in [0.5, 0.6) is 5.88 Å². The molecule has 32 heavy (non-hydrogen) atoms. The van der Waals surface area contributed by atoms with Crippen molar-refractivity contribution in [2.45, 2.75) is 38.3 Å². The molecule has 172 valence electrons. The van der Waals surface area contributed by atoms with Gasteiger partial charge in [0.1, 0.15) is 5.67 Å². The van der Waals surface area contributed by atoms with Gasteiger partial charge in [0.25, 0.3) is 0 Å². The third-order valence-corrected chi connectivity index (χ3v) is 6.08. The summed E-state index contributed by atoms with van der Waals surface area (Å²) in [5, 5.41) is 8.08. The molecule has 0 aromatic carbocycles. The maximum absolute atomic E-state index is 14.9. The standard InChI is InChI=1S/C23H31FN6O2/c1-16-11-18(14-28-22(16)31-2)30-20-4-10-32-9-3-19(20)21(29-30)17(12-25)13-27-15-23(24)5-7-26-8-6-23/h11-14,26H,3-10,15,25H2,1-2H3. The number of fused-ring (bicyclic) bond motifs is 1. The van der Waals surface area contributed by atoms with Gasteiger partial charge in [-0.25, -0.2) is 14.1 Å². The number of ether oxygens (including phenoxy) is 2. The highest BCUT2D eigenvalue weighted by atomic mass is 19.1. The first-order valence-electron chi connectivity index (χ1n) is 11.1. The van der Waals surface area contributed by atoms with Crippen LogP contribution in [0, 0.1) is 6.92 Å². The van der Waals surface area contributed by atoms with E-state index in [1.54, 1.807) is 19.5 Å². The minimum atomic E-state index is -1.27. The molecule has 0 unspecified atom stereocenters. The number of rotatable bonds is 6. The Hall–Kier alpha value is -2.78. The molecule has 0 amide bonds. The van der Waals surface area contributed by atoms with Gasteiger partial charge < -0.3 is 20.5 Å². The van der Waals surface area contributed by atoms with Gasteiger partial charge in [-0.1, -0.05) is 0 Å². The molecule has 2 aliphatic rings. The van der Waals surface area contributed by atoms with Crippen LogP contribution in [0.25, 0.3) is 11.3 Å². The van der Waals surface area contributed by atoms with Crippen molar-refractivity contribution in [3.8, 4) is 11.6 Å². The normalized spacial score (nSPS) is 19.0. The van der Waals surface area contributed by atoms with Crippen LogP contribution in [0.4, 0.5) is 4.39 Å². The number of aryl methyl sites for hydroxylation is 1. The molecular formula is C23H31FN6O2. The minimum absolute atomic E-state index is 0.125. The first kappa shape index (κ1) is 22.4. The number of aromatic nitrogens is 3. The molecule has 0 spiro atoms. The van der Waals surface area contributed by atoms with E-state index >= 15 is 0 Å². The predicted molar refractivity (Wildman–Crippen MR) is 122 cm³/mol. The summed E-state index contributed by atoms with van der Waals surface area (Å²) in [6.45, 7) is 4.67. The van der Waals surface area contributed by atoms with Crippen molar-refractivity contribution in [3.63, 3.8) is 0 Å². The largest absolute Gasteiger partial charge is 0.481 e. The first-order chi connectivity index (χ1) is 15.5. The molecule has 0 saturated carbocycles. The highest BCUT2D eigenvalue weighted by Crippen LogP contribution is 2.28. The number of hydrogen-bond acceptors (Lipinski definition) is 7. The molecule has 2 aliphatic heterocycles. The maximum Gasteiger partial charge on any atom is 0.216 e. The summed E-state index contributed by atoms with van der Waals surface area (Å²) in [6, 6.07) is 2.00. The Morgan fingerprint density at radius 3 is 2.88 bits per heavy atom. The lowest BCUT2D eigenvalue weighted by Gasteiger charge is -2.28. The van der Waals surface area contributed by atoms with E-state index in [9.17, 15) is 4.39 Å². The molecule has 4 rings (SSSR count). The van der Waals surface area contributed by atoms with Crippen molar-refractivity contribution < 1.29 is 13.9 Å². The summed E-state index contributed by atoms with van der Waals surface area (Å²) in [6.07, 6.45) is 7.28. The number of pyridine rings is 1. The van der Waals surface area contributed by atoms with Gasteiger partial charge in [-0.2, -0.15) is 5.10 Å². The molecular weight excluding hydrogens is 411 g/mol. The van der Waals surface area contributed by atoms with Crippen LogP contribution < -0.4 is 15.8 Å². The third-order valence-electron chi connectivity index (χ3n) is 6.08. The molecule has 3 N–H and O–H groups in total. The smallest absolute Gasteiger partial charge is 0.216 e. The Morgan fingerprint density at radius 2 is 2.16 bits per heavy atom. The molecule has 2 aromatic rings. The number of piperidine rings is 1. The van der Waals surface area contributed by atoms with Crippen molar-refractivity contribution in [1.29, 1.82) is 0 Å². The number of nitrogens with one attached hydrogen (secondary N) is 1. The van der Waals surface area contributed by atoms with Crippen molar-refractivity contribution in [3.05, 3.63) is 41.0 Å². The van der Waals surface area contributed by atoms with Gasteiger partial charge in [0, 0.05) is 35.5 Å². The second kappa shape index (κ2) is 9.79. The number of halogens is 1. The number of alkyl halides is 1. The fourth-order valence-electron chi connectivity index (χ4n) is 4.30. The summed E-state index contributed by atoms with van der Waals surface area (Å²) >= 11 is 0. The van der Waals surface area contributed by atoms with E-state index in [1.165, 1.54) is 6.20 Å². The minimum Gasteiger partial charge on any atom is -0.481 e. The topological polar surface area (TPSA) is 99.6 Å². The Morgan fingerprint density at radius 1 is 1.38 bits per heavy atom. The molecule has 0 aliphatic carbocycles. The second-order valence-electron chi connectivity index (χ2n) is 8.31. The average molecular weight is 443 g/mol. The van der Waals surface area contributed by atoms with Gasteiger partial charge in [0.05, 0.1) is 50.1 Å². The van der Waals surface area contributed by atoms with Crippen LogP contribution in [0.15, 0.2) is 23.5 Å². The average Bonchev–Trinajstić information content (AvgIpc) is 2.98. The highest BCUT2D eigenvalue weighted by molar-refractivity contribution is 6.09. The molecule has 2 aromatic heterocycles. The van der Waals surface area contributed by atoms with Crippen molar-refractivity contribution in [2.24, 2.45) is 10.7 Å². The van der Waals surface area contributed by atoms with E-state index in [1.807, 2.05) is 17.7 Å². The summed E-state index contributed by atoms with van der Waals surface area (Å²) in [5.74, 6) is 0.586. The zero-order chi connectivity index (χ0) is 22.6. The van der Waals surface area contributed by atoms with Crippen molar-refractivity contribution in [2.75, 3.05) is 40.0 Å². The number of hydrogen-bond donors (Lipinski definition) is 2. The molecule has 0 radical (unpaired) electrons. The Kier molecular flexibility index (Phi) is 6.86. The quantitative estimate of drug-likeness (QED) is 0.665. The molecule has 1 fully saturated rings. The fourth-order valence-corrected chi connectivity index (χ4v) is 4.30. The lowest BCUT2D eigenvalue weighted by Crippen LogP contribution is -2.40. The van der Waals surface area contributed by atoms with E-state index in [2.05, 4.69) is 15.3 Å². The first-order valence-corrected chi connectivity index (χ1v) is 11.1. The van der Waals surface area contributed by atoms with Crippen LogP contribution in [-0.4, -0.2) is 66.6 Å². The number of aliphatic imine (C=N–C) groups is 1. The highest BCUT2D eigenvalue weighted by Gasteiger charge is 2.31. The monoisotopic (exact) mass is 442 g/mol. The Balaban J connectivity index is 1.67. The van der Waals surface area contributed by atoms with Gasteiger partial charge in [-0.3, -0.25) is 4.99 Å².